The zero-order valence-electron chi connectivity index (χ0n) is 25.0. The summed E-state index contributed by atoms with van der Waals surface area (Å²) in [5, 5.41) is 5.70. The summed E-state index contributed by atoms with van der Waals surface area (Å²) in [6.45, 7) is 5.82. The van der Waals surface area contributed by atoms with Crippen molar-refractivity contribution >= 4 is 54.9 Å². The van der Waals surface area contributed by atoms with Gasteiger partial charge in [0, 0.05) is 37.4 Å². The van der Waals surface area contributed by atoms with Crippen molar-refractivity contribution in [2.75, 3.05) is 31.5 Å². The van der Waals surface area contributed by atoms with Gasteiger partial charge in [0.25, 0.3) is 5.91 Å². The molecule has 4 aromatic carbocycles. The Kier molecular flexibility index (Phi) is 10.7. The molecule has 1 heterocycles. The van der Waals surface area contributed by atoms with Crippen molar-refractivity contribution in [3.8, 4) is 5.75 Å². The summed E-state index contributed by atoms with van der Waals surface area (Å²) >= 11 is 8.76. The van der Waals surface area contributed by atoms with E-state index in [0.29, 0.717) is 47.7 Å². The molecule has 0 bridgehead atoms. The first kappa shape index (κ1) is 32.8. The number of benzene rings is 4. The fourth-order valence-corrected chi connectivity index (χ4v) is 7.38. The van der Waals surface area contributed by atoms with Crippen LogP contribution in [0.25, 0.3) is 0 Å². The van der Waals surface area contributed by atoms with E-state index >= 15 is 0 Å². The van der Waals surface area contributed by atoms with E-state index in [9.17, 15) is 13.2 Å². The molecule has 1 saturated heterocycles. The van der Waals surface area contributed by atoms with Crippen molar-refractivity contribution in [3.05, 3.63) is 124 Å². The lowest BCUT2D eigenvalue weighted by molar-refractivity contribution is 0.0977. The second-order valence-corrected chi connectivity index (χ2v) is 14.1. The second kappa shape index (κ2) is 14.7. The molecule has 5 rings (SSSR count). The third-order valence-corrected chi connectivity index (χ3v) is 10.1. The molecule has 0 radical (unpaired) electrons. The van der Waals surface area contributed by atoms with Gasteiger partial charge in [-0.2, -0.15) is 4.31 Å². The first-order valence-electron chi connectivity index (χ1n) is 14.6. The number of ether oxygens (including phenoxy) is 1. The molecule has 1 aliphatic heterocycles. The third kappa shape index (κ3) is 8.16. The summed E-state index contributed by atoms with van der Waals surface area (Å²) in [5.41, 5.74) is 3.32. The van der Waals surface area contributed by atoms with E-state index in [1.54, 1.807) is 46.8 Å². The number of carbonyl (C=O) groups excluding carboxylic acids is 1. The molecule has 0 aromatic heterocycles. The van der Waals surface area contributed by atoms with Crippen LogP contribution in [-0.4, -0.2) is 60.9 Å². The number of piperazine rings is 1. The van der Waals surface area contributed by atoms with Gasteiger partial charge in [0.05, 0.1) is 21.5 Å². The largest absolute Gasteiger partial charge is 0.490 e. The number of thiocarbonyl (C=S) groups is 1. The number of sulfonamides is 1. The lowest BCUT2D eigenvalue weighted by atomic mass is 9.96. The monoisotopic (exact) mass is 706 g/mol. The van der Waals surface area contributed by atoms with Gasteiger partial charge in [0.15, 0.2) is 5.11 Å². The summed E-state index contributed by atoms with van der Waals surface area (Å²) in [5.74, 6) is 0.257. The quantitative estimate of drug-likeness (QED) is 0.193. The molecule has 234 valence electrons. The molecule has 4 aromatic rings. The molecular weight excluding hydrogens is 672 g/mol. The number of carbonyl (C=O) groups is 1. The maximum Gasteiger partial charge on any atom is 0.257 e. The van der Waals surface area contributed by atoms with Gasteiger partial charge >= 0.3 is 0 Å². The van der Waals surface area contributed by atoms with Crippen LogP contribution < -0.4 is 15.4 Å². The van der Waals surface area contributed by atoms with Crippen LogP contribution in [0.3, 0.4) is 0 Å². The van der Waals surface area contributed by atoms with Crippen LogP contribution in [0, 0.1) is 0 Å². The summed E-state index contributed by atoms with van der Waals surface area (Å²) in [6, 6.07) is 32.1. The first-order valence-corrected chi connectivity index (χ1v) is 17.3. The number of rotatable bonds is 9. The van der Waals surface area contributed by atoms with Crippen LogP contribution in [0.4, 0.5) is 5.69 Å². The van der Waals surface area contributed by atoms with Crippen LogP contribution in [0.1, 0.15) is 41.4 Å². The number of nitrogens with one attached hydrogen (secondary N) is 2. The minimum absolute atomic E-state index is 0.00181. The predicted octanol–water partition coefficient (Wildman–Crippen LogP) is 6.46. The lowest BCUT2D eigenvalue weighted by Gasteiger charge is -2.39. The van der Waals surface area contributed by atoms with E-state index in [4.69, 9.17) is 17.0 Å². The zero-order valence-corrected chi connectivity index (χ0v) is 28.2. The maximum atomic E-state index is 13.5. The summed E-state index contributed by atoms with van der Waals surface area (Å²) in [6.07, 6.45) is 0.00181. The fourth-order valence-electron chi connectivity index (χ4n) is 5.28. The molecule has 0 unspecified atom stereocenters. The highest BCUT2D eigenvalue weighted by atomic mass is 79.9. The van der Waals surface area contributed by atoms with E-state index in [0.717, 1.165) is 0 Å². The first-order chi connectivity index (χ1) is 21.6. The number of hydrogen-bond acceptors (Lipinski definition) is 6. The molecule has 1 amide bonds. The minimum atomic E-state index is -3.69. The lowest BCUT2D eigenvalue weighted by Crippen LogP contribution is -2.49. The highest BCUT2D eigenvalue weighted by Crippen LogP contribution is 2.31. The van der Waals surface area contributed by atoms with Gasteiger partial charge in [-0.25, -0.2) is 8.42 Å². The SMILES string of the molecule is CC(C)Oc1ccc(C(=O)NC(=S)Nc2ccc(S(=O)(=O)N3CCN(C(c4ccccc4)c4ccccc4)CC3)cc2)cc1Br. The fraction of sp³-hybridized carbons (Fsp3) is 0.235. The van der Waals surface area contributed by atoms with Crippen LogP contribution in [0.5, 0.6) is 5.75 Å². The molecule has 11 heteroatoms. The Bertz CT molecular complexity index is 1690. The normalized spacial score (nSPS) is 14.3. The van der Waals surface area contributed by atoms with Crippen molar-refractivity contribution in [1.29, 1.82) is 0 Å². The van der Waals surface area contributed by atoms with E-state index < -0.39 is 10.0 Å². The predicted molar refractivity (Wildman–Crippen MR) is 185 cm³/mol. The van der Waals surface area contributed by atoms with Gasteiger partial charge in [-0.15, -0.1) is 0 Å². The smallest absolute Gasteiger partial charge is 0.257 e. The molecule has 2 N–H and O–H groups in total. The average Bonchev–Trinajstić information content (AvgIpc) is 3.03. The third-order valence-electron chi connectivity index (χ3n) is 7.40. The Hall–Kier alpha value is -3.61. The Morgan fingerprint density at radius 3 is 1.96 bits per heavy atom. The van der Waals surface area contributed by atoms with Crippen molar-refractivity contribution in [1.82, 2.24) is 14.5 Å². The van der Waals surface area contributed by atoms with E-state index in [-0.39, 0.29) is 28.1 Å². The molecule has 0 spiro atoms. The van der Waals surface area contributed by atoms with E-state index in [2.05, 4.69) is 55.7 Å². The molecule has 0 atom stereocenters. The standard InChI is InChI=1S/C34H35BrN4O4S2/c1-24(2)43-31-18-13-27(23-30(31)35)33(40)37-34(44)36-28-14-16-29(17-15-28)45(41,42)39-21-19-38(20-22-39)32(25-9-5-3-6-10-25)26-11-7-4-8-12-26/h3-18,23-24,32H,19-22H2,1-2H3,(H2,36,37,40,44). The number of anilines is 1. The van der Waals surface area contributed by atoms with Crippen LogP contribution >= 0.6 is 28.1 Å². The van der Waals surface area contributed by atoms with Gasteiger partial charge in [0.2, 0.25) is 10.0 Å². The number of hydrogen-bond donors (Lipinski definition) is 2. The van der Waals surface area contributed by atoms with Crippen molar-refractivity contribution < 1.29 is 17.9 Å². The molecule has 8 nitrogen and oxygen atoms in total. The van der Waals surface area contributed by atoms with Crippen LogP contribution in [0.15, 0.2) is 112 Å². The number of halogens is 1. The molecule has 1 aliphatic rings. The van der Waals surface area contributed by atoms with Crippen molar-refractivity contribution in [2.24, 2.45) is 0 Å². The van der Waals surface area contributed by atoms with Crippen LogP contribution in [-0.2, 0) is 10.0 Å². The van der Waals surface area contributed by atoms with Gasteiger partial charge < -0.3 is 10.1 Å². The van der Waals surface area contributed by atoms with E-state index in [1.807, 2.05) is 50.2 Å². The molecular formula is C34H35BrN4O4S2. The van der Waals surface area contributed by atoms with Gasteiger partial charge in [-0.05, 0) is 95.6 Å². The van der Waals surface area contributed by atoms with Gasteiger partial charge in [-0.1, -0.05) is 60.7 Å². The van der Waals surface area contributed by atoms with Gasteiger partial charge in [-0.3, -0.25) is 15.0 Å². The Morgan fingerprint density at radius 2 is 1.42 bits per heavy atom. The summed E-state index contributed by atoms with van der Waals surface area (Å²) in [7, 11) is -3.69. The molecule has 45 heavy (non-hydrogen) atoms. The van der Waals surface area contributed by atoms with E-state index in [1.165, 1.54) is 11.1 Å². The second-order valence-electron chi connectivity index (χ2n) is 10.9. The van der Waals surface area contributed by atoms with Crippen molar-refractivity contribution in [3.63, 3.8) is 0 Å². The van der Waals surface area contributed by atoms with Crippen LogP contribution in [0.2, 0.25) is 0 Å². The number of nitrogens with zero attached hydrogens (tertiary/aromatic N) is 2. The molecule has 0 aliphatic carbocycles. The maximum absolute atomic E-state index is 13.5. The van der Waals surface area contributed by atoms with Gasteiger partial charge in [0.1, 0.15) is 5.75 Å². The molecule has 0 saturated carbocycles. The Morgan fingerprint density at radius 1 is 0.844 bits per heavy atom. The highest BCUT2D eigenvalue weighted by Gasteiger charge is 2.32. The molecule has 1 fully saturated rings. The zero-order chi connectivity index (χ0) is 32.0. The minimum Gasteiger partial charge on any atom is -0.490 e. The Balaban J connectivity index is 1.18. The summed E-state index contributed by atoms with van der Waals surface area (Å²) in [4.78, 5) is 15.3. The van der Waals surface area contributed by atoms with Crippen molar-refractivity contribution in [2.45, 2.75) is 30.9 Å². The average molecular weight is 708 g/mol. The number of amides is 1. The summed E-state index contributed by atoms with van der Waals surface area (Å²) < 4.78 is 35.0. The Labute approximate surface area is 278 Å². The highest BCUT2D eigenvalue weighted by molar-refractivity contribution is 9.10. The topological polar surface area (TPSA) is 91.0 Å².